The minimum absolute atomic E-state index is 0.0516. The molecule has 0 saturated heterocycles. The van der Waals surface area contributed by atoms with Gasteiger partial charge < -0.3 is 4.74 Å². The van der Waals surface area contributed by atoms with Gasteiger partial charge in [0.2, 0.25) is 0 Å². The van der Waals surface area contributed by atoms with E-state index in [4.69, 9.17) is 4.74 Å². The quantitative estimate of drug-likeness (QED) is 0.729. The highest BCUT2D eigenvalue weighted by Gasteiger charge is 2.38. The van der Waals surface area contributed by atoms with E-state index in [9.17, 15) is 4.79 Å². The Hall–Kier alpha value is -1.31. The van der Waals surface area contributed by atoms with E-state index in [1.165, 1.54) is 18.2 Å². The first-order valence-corrected chi connectivity index (χ1v) is 5.78. The van der Waals surface area contributed by atoms with Crippen LogP contribution in [0.1, 0.15) is 35.4 Å². The summed E-state index contributed by atoms with van der Waals surface area (Å²) in [7, 11) is 1.47. The van der Waals surface area contributed by atoms with E-state index in [1.54, 1.807) is 0 Å². The lowest BCUT2D eigenvalue weighted by atomic mass is 9.92. The molecule has 0 heterocycles. The number of rotatable bonds is 3. The predicted octanol–water partition coefficient (Wildman–Crippen LogP) is 2.97. The lowest BCUT2D eigenvalue weighted by Crippen LogP contribution is -2.16. The second kappa shape index (κ2) is 4.28. The first-order valence-electron chi connectivity index (χ1n) is 5.78. The Kier molecular flexibility index (Phi) is 2.99. The van der Waals surface area contributed by atoms with Crippen LogP contribution in [0.2, 0.25) is 0 Å². The van der Waals surface area contributed by atoms with Gasteiger partial charge in [0.25, 0.3) is 0 Å². The van der Waals surface area contributed by atoms with Gasteiger partial charge in [0.15, 0.2) is 0 Å². The van der Waals surface area contributed by atoms with Crippen molar-refractivity contribution in [2.75, 3.05) is 7.11 Å². The standard InChI is InChI=1S/C14H18O2/c1-9-4-5-12(8-10(9)2)13(11-6-7-11)14(15)16-3/h4-5,8,11,13H,6-7H2,1-3H3. The average molecular weight is 218 g/mol. The molecule has 0 aromatic heterocycles. The summed E-state index contributed by atoms with van der Waals surface area (Å²) in [5.41, 5.74) is 3.62. The molecule has 2 nitrogen and oxygen atoms in total. The van der Waals surface area contributed by atoms with Crippen molar-refractivity contribution in [3.05, 3.63) is 34.9 Å². The zero-order chi connectivity index (χ0) is 11.7. The Morgan fingerprint density at radius 3 is 2.50 bits per heavy atom. The maximum Gasteiger partial charge on any atom is 0.313 e. The smallest absolute Gasteiger partial charge is 0.313 e. The predicted molar refractivity (Wildman–Crippen MR) is 63.4 cm³/mol. The molecule has 86 valence electrons. The third-order valence-corrected chi connectivity index (χ3v) is 3.44. The average Bonchev–Trinajstić information content (AvgIpc) is 3.07. The molecule has 1 atom stereocenters. The SMILES string of the molecule is COC(=O)C(c1ccc(C)c(C)c1)C1CC1. The monoisotopic (exact) mass is 218 g/mol. The van der Waals surface area contributed by atoms with Gasteiger partial charge in [-0.2, -0.15) is 0 Å². The number of esters is 1. The highest BCUT2D eigenvalue weighted by Crippen LogP contribution is 2.43. The van der Waals surface area contributed by atoms with Crippen LogP contribution in [0.5, 0.6) is 0 Å². The van der Waals surface area contributed by atoms with E-state index < -0.39 is 0 Å². The number of methoxy groups -OCH3 is 1. The van der Waals surface area contributed by atoms with Crippen molar-refractivity contribution in [2.45, 2.75) is 32.6 Å². The number of hydrogen-bond acceptors (Lipinski definition) is 2. The Morgan fingerprint density at radius 1 is 1.31 bits per heavy atom. The molecule has 1 unspecified atom stereocenters. The molecule has 0 N–H and O–H groups in total. The summed E-state index contributed by atoms with van der Waals surface area (Å²) < 4.78 is 4.90. The van der Waals surface area contributed by atoms with E-state index >= 15 is 0 Å². The maximum atomic E-state index is 11.8. The number of ether oxygens (including phenoxy) is 1. The summed E-state index contributed by atoms with van der Waals surface area (Å²) in [5, 5.41) is 0. The molecule has 1 aromatic carbocycles. The van der Waals surface area contributed by atoms with Crippen LogP contribution in [0.25, 0.3) is 0 Å². The van der Waals surface area contributed by atoms with Gasteiger partial charge in [0, 0.05) is 0 Å². The zero-order valence-electron chi connectivity index (χ0n) is 10.1. The lowest BCUT2D eigenvalue weighted by Gasteiger charge is -2.15. The third kappa shape index (κ3) is 2.11. The van der Waals surface area contributed by atoms with Crippen molar-refractivity contribution in [3.63, 3.8) is 0 Å². The van der Waals surface area contributed by atoms with Gasteiger partial charge in [-0.15, -0.1) is 0 Å². The second-order valence-corrected chi connectivity index (χ2v) is 4.68. The Labute approximate surface area is 96.6 Å². The molecule has 1 aliphatic carbocycles. The summed E-state index contributed by atoms with van der Waals surface area (Å²) in [6.45, 7) is 4.17. The molecule has 1 saturated carbocycles. The highest BCUT2D eigenvalue weighted by atomic mass is 16.5. The fraction of sp³-hybridized carbons (Fsp3) is 0.500. The lowest BCUT2D eigenvalue weighted by molar-refractivity contribution is -0.143. The van der Waals surface area contributed by atoms with Gasteiger partial charge in [-0.1, -0.05) is 18.2 Å². The molecule has 1 fully saturated rings. The number of aryl methyl sites for hydroxylation is 2. The normalized spacial score (nSPS) is 16.9. The Balaban J connectivity index is 2.31. The summed E-state index contributed by atoms with van der Waals surface area (Å²) >= 11 is 0. The van der Waals surface area contributed by atoms with Crippen molar-refractivity contribution in [2.24, 2.45) is 5.92 Å². The van der Waals surface area contributed by atoms with Crippen LogP contribution >= 0.6 is 0 Å². The van der Waals surface area contributed by atoms with Crippen molar-refractivity contribution in [1.29, 1.82) is 0 Å². The van der Waals surface area contributed by atoms with Crippen LogP contribution in [0.4, 0.5) is 0 Å². The molecule has 2 heteroatoms. The van der Waals surface area contributed by atoms with Crippen LogP contribution in [0.15, 0.2) is 18.2 Å². The zero-order valence-corrected chi connectivity index (χ0v) is 10.1. The van der Waals surface area contributed by atoms with Gasteiger partial charge in [0.05, 0.1) is 13.0 Å². The molecule has 2 rings (SSSR count). The van der Waals surface area contributed by atoms with E-state index in [2.05, 4.69) is 32.0 Å². The van der Waals surface area contributed by atoms with E-state index in [-0.39, 0.29) is 11.9 Å². The minimum Gasteiger partial charge on any atom is -0.469 e. The van der Waals surface area contributed by atoms with Crippen LogP contribution in [0, 0.1) is 19.8 Å². The largest absolute Gasteiger partial charge is 0.469 e. The van der Waals surface area contributed by atoms with Gasteiger partial charge in [-0.05, 0) is 49.3 Å². The van der Waals surface area contributed by atoms with Crippen molar-refractivity contribution >= 4 is 5.97 Å². The van der Waals surface area contributed by atoms with Crippen molar-refractivity contribution in [1.82, 2.24) is 0 Å². The van der Waals surface area contributed by atoms with Crippen LogP contribution in [0.3, 0.4) is 0 Å². The molecular weight excluding hydrogens is 200 g/mol. The van der Waals surface area contributed by atoms with E-state index in [0.29, 0.717) is 5.92 Å². The minimum atomic E-state index is -0.0919. The summed E-state index contributed by atoms with van der Waals surface area (Å²) in [4.78, 5) is 11.8. The van der Waals surface area contributed by atoms with Gasteiger partial charge >= 0.3 is 5.97 Å². The van der Waals surface area contributed by atoms with Gasteiger partial charge in [-0.25, -0.2) is 0 Å². The number of carbonyl (C=O) groups excluding carboxylic acids is 1. The third-order valence-electron chi connectivity index (χ3n) is 3.44. The summed E-state index contributed by atoms with van der Waals surface area (Å²) in [5.74, 6) is 0.351. The number of carbonyl (C=O) groups is 1. The fourth-order valence-corrected chi connectivity index (χ4v) is 2.12. The molecule has 16 heavy (non-hydrogen) atoms. The Bertz CT molecular complexity index is 405. The topological polar surface area (TPSA) is 26.3 Å². The molecule has 1 aliphatic rings. The summed E-state index contributed by atoms with van der Waals surface area (Å²) in [6.07, 6.45) is 2.29. The molecule has 1 aromatic rings. The fourth-order valence-electron chi connectivity index (χ4n) is 2.12. The van der Waals surface area contributed by atoms with Gasteiger partial charge in [0.1, 0.15) is 0 Å². The molecule has 0 aliphatic heterocycles. The van der Waals surface area contributed by atoms with Crippen LogP contribution < -0.4 is 0 Å². The molecule has 0 radical (unpaired) electrons. The molecule has 0 amide bonds. The number of benzene rings is 1. The van der Waals surface area contributed by atoms with Gasteiger partial charge in [-0.3, -0.25) is 4.79 Å². The molecular formula is C14H18O2. The molecule has 0 spiro atoms. The number of hydrogen-bond donors (Lipinski definition) is 0. The van der Waals surface area contributed by atoms with Crippen molar-refractivity contribution < 1.29 is 9.53 Å². The maximum absolute atomic E-state index is 11.8. The first-order chi connectivity index (χ1) is 7.63. The Morgan fingerprint density at radius 2 is 2.00 bits per heavy atom. The highest BCUT2D eigenvalue weighted by molar-refractivity contribution is 5.79. The van der Waals surface area contributed by atoms with E-state index in [0.717, 1.165) is 18.4 Å². The summed E-state index contributed by atoms with van der Waals surface area (Å²) in [6, 6.07) is 6.26. The second-order valence-electron chi connectivity index (χ2n) is 4.68. The van der Waals surface area contributed by atoms with Crippen LogP contribution in [-0.2, 0) is 9.53 Å². The first kappa shape index (κ1) is 11.2. The van der Waals surface area contributed by atoms with Crippen LogP contribution in [-0.4, -0.2) is 13.1 Å². The van der Waals surface area contributed by atoms with Crippen molar-refractivity contribution in [3.8, 4) is 0 Å². The molecule has 0 bridgehead atoms. The van der Waals surface area contributed by atoms with E-state index in [1.807, 2.05) is 0 Å².